The van der Waals surface area contributed by atoms with Crippen molar-refractivity contribution in [3.63, 3.8) is 0 Å². The Hall–Kier alpha value is -1.45. The maximum atomic E-state index is 5.98. The summed E-state index contributed by atoms with van der Waals surface area (Å²) in [6.45, 7) is 2.89. The van der Waals surface area contributed by atoms with E-state index in [1.54, 1.807) is 6.26 Å². The van der Waals surface area contributed by atoms with Gasteiger partial charge in [-0.1, -0.05) is 17.7 Å². The van der Waals surface area contributed by atoms with Crippen LogP contribution in [0.4, 0.5) is 5.69 Å². The van der Waals surface area contributed by atoms with E-state index in [0.29, 0.717) is 16.8 Å². The van der Waals surface area contributed by atoms with Crippen LogP contribution in [0.5, 0.6) is 0 Å². The fourth-order valence-electron chi connectivity index (χ4n) is 1.78. The van der Waals surface area contributed by atoms with Gasteiger partial charge in [0, 0.05) is 19.0 Å². The fourth-order valence-corrected chi connectivity index (χ4v) is 1.98. The average Bonchev–Trinajstić information content (AvgIpc) is 2.83. The van der Waals surface area contributed by atoms with Gasteiger partial charge in [0.1, 0.15) is 5.76 Å². The largest absolute Gasteiger partial charge is 0.469 e. The highest BCUT2D eigenvalue weighted by atomic mass is 35.5. The maximum Gasteiger partial charge on any atom is 0.105 e. The van der Waals surface area contributed by atoms with E-state index >= 15 is 0 Å². The summed E-state index contributed by atoms with van der Waals surface area (Å²) in [7, 11) is 0. The summed E-state index contributed by atoms with van der Waals surface area (Å²) in [5, 5.41) is 4.03. The van der Waals surface area contributed by atoms with Crippen LogP contribution >= 0.6 is 11.6 Å². The van der Waals surface area contributed by atoms with E-state index in [0.717, 1.165) is 24.3 Å². The van der Waals surface area contributed by atoms with E-state index < -0.39 is 0 Å². The first-order valence-electron chi connectivity index (χ1n) is 5.95. The second-order valence-corrected chi connectivity index (χ2v) is 4.83. The molecule has 0 radical (unpaired) electrons. The molecule has 0 saturated carbocycles. The zero-order valence-corrected chi connectivity index (χ0v) is 11.1. The van der Waals surface area contributed by atoms with Crippen LogP contribution in [0.25, 0.3) is 0 Å². The van der Waals surface area contributed by atoms with Gasteiger partial charge in [-0.05, 0) is 36.8 Å². The number of hydrogen-bond donors (Lipinski definition) is 2. The normalized spacial score (nSPS) is 12.6. The molecule has 1 atom stereocenters. The minimum atomic E-state index is 0.340. The Morgan fingerprint density at radius 2 is 2.22 bits per heavy atom. The summed E-state index contributed by atoms with van der Waals surface area (Å²) in [5.74, 6) is 0.991. The molecule has 1 aromatic heterocycles. The van der Waals surface area contributed by atoms with Crippen molar-refractivity contribution in [1.82, 2.24) is 5.32 Å². The summed E-state index contributed by atoms with van der Waals surface area (Å²) < 4.78 is 5.31. The molecule has 0 fully saturated rings. The van der Waals surface area contributed by atoms with Crippen molar-refractivity contribution < 1.29 is 4.42 Å². The summed E-state index contributed by atoms with van der Waals surface area (Å²) in [6, 6.07) is 9.93. The molecule has 3 N–H and O–H groups in total. The van der Waals surface area contributed by atoms with Crippen molar-refractivity contribution in [2.24, 2.45) is 0 Å². The zero-order valence-electron chi connectivity index (χ0n) is 10.3. The van der Waals surface area contributed by atoms with Crippen molar-refractivity contribution in [2.75, 3.05) is 5.73 Å². The van der Waals surface area contributed by atoms with E-state index in [9.17, 15) is 0 Å². The Kier molecular flexibility index (Phi) is 4.28. The molecular formula is C14H17ClN2O. The van der Waals surface area contributed by atoms with Crippen LogP contribution in [0.3, 0.4) is 0 Å². The molecule has 0 aliphatic carbocycles. The summed E-state index contributed by atoms with van der Waals surface area (Å²) in [6.07, 6.45) is 2.57. The lowest BCUT2D eigenvalue weighted by atomic mass is 10.1. The molecule has 96 valence electrons. The standard InChI is InChI=1S/C14H17ClN2O/c1-10(7-12-3-2-6-18-12)17-9-11-4-5-14(16)13(15)8-11/h2-6,8,10,17H,7,9,16H2,1H3. The van der Waals surface area contributed by atoms with E-state index in [1.807, 2.05) is 30.3 Å². The van der Waals surface area contributed by atoms with Crippen LogP contribution in [0, 0.1) is 0 Å². The van der Waals surface area contributed by atoms with E-state index in [1.165, 1.54) is 0 Å². The van der Waals surface area contributed by atoms with Crippen LogP contribution in [-0.2, 0) is 13.0 Å². The number of nitrogens with one attached hydrogen (secondary N) is 1. The first kappa shape index (κ1) is 13.0. The number of nitrogen functional groups attached to an aromatic ring is 1. The van der Waals surface area contributed by atoms with Gasteiger partial charge in [0.2, 0.25) is 0 Å². The molecule has 0 aliphatic rings. The van der Waals surface area contributed by atoms with Crippen LogP contribution in [0.1, 0.15) is 18.2 Å². The Bertz CT molecular complexity index is 497. The minimum Gasteiger partial charge on any atom is -0.469 e. The minimum absolute atomic E-state index is 0.340. The quantitative estimate of drug-likeness (QED) is 0.815. The first-order chi connectivity index (χ1) is 8.65. The molecule has 0 saturated heterocycles. The van der Waals surface area contributed by atoms with Crippen LogP contribution in [-0.4, -0.2) is 6.04 Å². The SMILES string of the molecule is CC(Cc1ccco1)NCc1ccc(N)c(Cl)c1. The van der Waals surface area contributed by atoms with Crippen molar-refractivity contribution in [2.45, 2.75) is 25.9 Å². The van der Waals surface area contributed by atoms with Crippen molar-refractivity contribution in [1.29, 1.82) is 0 Å². The molecule has 1 unspecified atom stereocenters. The number of hydrogen-bond acceptors (Lipinski definition) is 3. The van der Waals surface area contributed by atoms with Gasteiger partial charge in [-0.15, -0.1) is 0 Å². The molecule has 0 aliphatic heterocycles. The molecule has 1 heterocycles. The van der Waals surface area contributed by atoms with Crippen LogP contribution < -0.4 is 11.1 Å². The van der Waals surface area contributed by atoms with Crippen molar-refractivity contribution >= 4 is 17.3 Å². The van der Waals surface area contributed by atoms with E-state index in [4.69, 9.17) is 21.8 Å². The van der Waals surface area contributed by atoms with Gasteiger partial charge in [-0.25, -0.2) is 0 Å². The summed E-state index contributed by atoms with van der Waals surface area (Å²) >= 11 is 5.98. The number of benzene rings is 1. The van der Waals surface area contributed by atoms with Gasteiger partial charge < -0.3 is 15.5 Å². The second-order valence-electron chi connectivity index (χ2n) is 4.42. The number of halogens is 1. The van der Waals surface area contributed by atoms with Crippen LogP contribution in [0.2, 0.25) is 5.02 Å². The number of furan rings is 1. The highest BCUT2D eigenvalue weighted by Crippen LogP contribution is 2.19. The topological polar surface area (TPSA) is 51.2 Å². The predicted octanol–water partition coefficient (Wildman–Crippen LogP) is 3.24. The lowest BCUT2D eigenvalue weighted by molar-refractivity contribution is 0.456. The molecule has 2 aromatic rings. The number of nitrogens with two attached hydrogens (primary N) is 1. The van der Waals surface area contributed by atoms with Crippen LogP contribution in [0.15, 0.2) is 41.0 Å². The van der Waals surface area contributed by atoms with E-state index in [2.05, 4.69) is 12.2 Å². The molecule has 2 rings (SSSR count). The van der Waals surface area contributed by atoms with Gasteiger partial charge >= 0.3 is 0 Å². The Morgan fingerprint density at radius 3 is 2.89 bits per heavy atom. The molecule has 0 bridgehead atoms. The maximum absolute atomic E-state index is 5.98. The lowest BCUT2D eigenvalue weighted by Crippen LogP contribution is -2.27. The first-order valence-corrected chi connectivity index (χ1v) is 6.32. The Balaban J connectivity index is 1.85. The summed E-state index contributed by atoms with van der Waals surface area (Å²) in [4.78, 5) is 0. The second kappa shape index (κ2) is 5.94. The Morgan fingerprint density at radius 1 is 1.39 bits per heavy atom. The average molecular weight is 265 g/mol. The molecule has 0 amide bonds. The smallest absolute Gasteiger partial charge is 0.105 e. The third-order valence-electron chi connectivity index (χ3n) is 2.81. The van der Waals surface area contributed by atoms with Crippen molar-refractivity contribution in [3.05, 3.63) is 52.9 Å². The molecule has 0 spiro atoms. The molecule has 18 heavy (non-hydrogen) atoms. The fraction of sp³-hybridized carbons (Fsp3) is 0.286. The van der Waals surface area contributed by atoms with Crippen molar-refractivity contribution in [3.8, 4) is 0 Å². The third-order valence-corrected chi connectivity index (χ3v) is 3.13. The summed E-state index contributed by atoms with van der Waals surface area (Å²) in [5.41, 5.74) is 7.41. The highest BCUT2D eigenvalue weighted by molar-refractivity contribution is 6.33. The lowest BCUT2D eigenvalue weighted by Gasteiger charge is -2.13. The zero-order chi connectivity index (χ0) is 13.0. The predicted molar refractivity (Wildman–Crippen MR) is 74.6 cm³/mol. The van der Waals surface area contributed by atoms with Gasteiger partial charge in [-0.3, -0.25) is 0 Å². The third kappa shape index (κ3) is 3.52. The highest BCUT2D eigenvalue weighted by Gasteiger charge is 2.05. The Labute approximate surface area is 112 Å². The monoisotopic (exact) mass is 264 g/mol. The molecule has 4 heteroatoms. The van der Waals surface area contributed by atoms with Gasteiger partial charge in [0.15, 0.2) is 0 Å². The van der Waals surface area contributed by atoms with Gasteiger partial charge in [0.05, 0.1) is 17.0 Å². The van der Waals surface area contributed by atoms with Gasteiger partial charge in [-0.2, -0.15) is 0 Å². The molecular weight excluding hydrogens is 248 g/mol. The molecule has 1 aromatic carbocycles. The van der Waals surface area contributed by atoms with Gasteiger partial charge in [0.25, 0.3) is 0 Å². The van der Waals surface area contributed by atoms with E-state index in [-0.39, 0.29) is 0 Å². The molecule has 3 nitrogen and oxygen atoms in total. The number of rotatable bonds is 5. The number of anilines is 1.